The van der Waals surface area contributed by atoms with E-state index in [1.165, 1.54) is 0 Å². The van der Waals surface area contributed by atoms with Gasteiger partial charge in [-0.1, -0.05) is 0 Å². The number of hydrogen-bond donors (Lipinski definition) is 2. The van der Waals surface area contributed by atoms with Crippen molar-refractivity contribution in [2.45, 2.75) is 0 Å². The third-order valence-corrected chi connectivity index (χ3v) is 0. The van der Waals surface area contributed by atoms with Crippen molar-refractivity contribution < 1.29 is 16.8 Å². The van der Waals surface area contributed by atoms with Crippen molar-refractivity contribution >= 4 is 0 Å². The van der Waals surface area contributed by atoms with E-state index in [2.05, 4.69) is 0 Å². The maximum atomic E-state index is 8.00. The second-order valence-corrected chi connectivity index (χ2v) is 0.298. The van der Waals surface area contributed by atoms with Gasteiger partial charge in [0.15, 0.2) is 0 Å². The van der Waals surface area contributed by atoms with Gasteiger partial charge in [0.2, 0.25) is 0 Å². The molecule has 15 heavy (non-hydrogen) atoms. The Morgan fingerprint density at radius 3 is 0.533 bits per heavy atom. The molecule has 0 aromatic carbocycles. The molecule has 0 saturated heterocycles. The number of nitrogens with zero attached hydrogens (tertiary/aromatic N) is 4. The van der Waals surface area contributed by atoms with Gasteiger partial charge in [0.1, 0.15) is 0 Å². The van der Waals surface area contributed by atoms with Gasteiger partial charge in [0, 0.05) is 16.8 Å². The Morgan fingerprint density at radius 1 is 0.533 bits per heavy atom. The zero-order valence-corrected chi connectivity index (χ0v) is 7.84. The average Bonchev–Trinajstić information content (AvgIpc) is 1.92. The van der Waals surface area contributed by atoms with Crippen LogP contribution in [0, 0.1) is 40.5 Å². The van der Waals surface area contributed by atoms with E-state index in [-0.39, 0.29) is 29.1 Å². The predicted molar refractivity (Wildman–Crippen MR) is 46.7 cm³/mol. The molecule has 0 bridgehead atoms. The summed E-state index contributed by atoms with van der Waals surface area (Å²) in [6.45, 7) is 0. The van der Waals surface area contributed by atoms with Gasteiger partial charge in [-0.25, -0.2) is 0 Å². The molecule has 0 heterocycles. The van der Waals surface area contributed by atoms with Gasteiger partial charge in [-0.15, -0.1) is 21.4 Å². The first-order valence-corrected chi connectivity index (χ1v) is 1.46. The van der Waals surface area contributed by atoms with Crippen molar-refractivity contribution in [1.29, 1.82) is 0 Å². The summed E-state index contributed by atoms with van der Waals surface area (Å²) in [5.41, 5.74) is 0. The van der Waals surface area contributed by atoms with Crippen LogP contribution >= 0.6 is 0 Å². The maximum absolute atomic E-state index is 8.00. The molecular formula is H6CoN6O8-4. The fourth-order valence-electron chi connectivity index (χ4n) is 0. The molecule has 0 saturated carbocycles. The van der Waals surface area contributed by atoms with Crippen LogP contribution in [0.15, 0.2) is 21.4 Å². The van der Waals surface area contributed by atoms with Crippen LogP contribution in [0.2, 0.25) is 0 Å². The fourth-order valence-corrected chi connectivity index (χ4v) is 0. The second kappa shape index (κ2) is 356. The molecule has 0 amide bonds. The van der Waals surface area contributed by atoms with E-state index in [1.54, 1.807) is 0 Å². The van der Waals surface area contributed by atoms with Gasteiger partial charge < -0.3 is 52.8 Å². The monoisotopic (exact) mass is 277 g/mol. The Balaban J connectivity index is -0.0000000107. The molecule has 0 aliphatic heterocycles. The molecule has 0 aliphatic carbocycles. The Kier molecular flexibility index (Phi) is 1230. The average molecular weight is 277 g/mol. The molecule has 1 radical (unpaired) electrons. The van der Waals surface area contributed by atoms with Crippen LogP contribution in [0.4, 0.5) is 0 Å². The zero-order valence-electron chi connectivity index (χ0n) is 6.80. The summed E-state index contributed by atoms with van der Waals surface area (Å²) in [5, 5.41) is 36.0. The van der Waals surface area contributed by atoms with E-state index in [0.29, 0.717) is 0 Å². The Morgan fingerprint density at radius 2 is 0.533 bits per heavy atom. The summed E-state index contributed by atoms with van der Waals surface area (Å²) < 4.78 is 0. The van der Waals surface area contributed by atoms with Crippen LogP contribution in [0.1, 0.15) is 0 Å². The third kappa shape index (κ3) is 310. The molecule has 0 aliphatic rings. The molecule has 0 spiro atoms. The van der Waals surface area contributed by atoms with E-state index < -0.39 is 0 Å². The summed E-state index contributed by atoms with van der Waals surface area (Å²) >= 11 is 0. The minimum Gasteiger partial charge on any atom is -0.444 e. The zero-order chi connectivity index (χ0) is 10.8. The van der Waals surface area contributed by atoms with Gasteiger partial charge in [-0.3, -0.25) is 0 Å². The summed E-state index contributed by atoms with van der Waals surface area (Å²) in [6.07, 6.45) is 0. The molecule has 0 unspecified atom stereocenters. The quantitative estimate of drug-likeness (QED) is 0.472. The first kappa shape index (κ1) is 51.9. The second-order valence-electron chi connectivity index (χ2n) is 0.298. The van der Waals surface area contributed by atoms with Gasteiger partial charge >= 0.3 is 0 Å². The van der Waals surface area contributed by atoms with Crippen molar-refractivity contribution in [3.05, 3.63) is 40.5 Å². The molecule has 0 aromatic heterocycles. The van der Waals surface area contributed by atoms with E-state index in [0.717, 1.165) is 21.4 Å². The van der Waals surface area contributed by atoms with Crippen molar-refractivity contribution in [2.75, 3.05) is 0 Å². The predicted octanol–water partition coefficient (Wildman–Crippen LogP) is 1.32. The molecule has 0 rings (SSSR count). The van der Waals surface area contributed by atoms with E-state index >= 15 is 0 Å². The Bertz CT molecular complexity index is 73.1. The molecule has 97 valence electrons. The largest absolute Gasteiger partial charge is 0.444 e. The minimum absolute atomic E-state index is 0. The smallest absolute Gasteiger partial charge is 0 e. The van der Waals surface area contributed by atoms with Gasteiger partial charge in [-0.2, -0.15) is 0 Å². The minimum atomic E-state index is 0. The number of rotatable bonds is 0. The van der Waals surface area contributed by atoms with Crippen molar-refractivity contribution in [3.8, 4) is 0 Å². The molecule has 0 fully saturated rings. The molecule has 0 atom stereocenters. The van der Waals surface area contributed by atoms with E-state index in [4.69, 9.17) is 40.5 Å². The maximum Gasteiger partial charge on any atom is 0 e. The van der Waals surface area contributed by atoms with Gasteiger partial charge in [0.05, 0.1) is 0 Å². The van der Waals surface area contributed by atoms with Crippen molar-refractivity contribution in [2.24, 2.45) is 21.4 Å². The summed E-state index contributed by atoms with van der Waals surface area (Å²) in [5.74, 6) is 0. The first-order valence-electron chi connectivity index (χ1n) is 1.46. The Hall–Kier alpha value is -1.97. The van der Waals surface area contributed by atoms with Crippen LogP contribution in [-0.4, -0.2) is 0 Å². The topological polar surface area (TPSA) is 280 Å². The standard InChI is InChI=1S/Co.4HNO2.2H3N/c;4*2-1-3;;/h;4*(H,2,3);2*1H3/p-4. The van der Waals surface area contributed by atoms with Crippen LogP contribution in [0.3, 0.4) is 0 Å². The van der Waals surface area contributed by atoms with Crippen LogP contribution in [-0.2, 0) is 16.8 Å². The van der Waals surface area contributed by atoms with Crippen LogP contribution < -0.4 is 12.3 Å². The number of hydrogen-bond acceptors (Lipinski definition) is 14. The normalized spacial score (nSPS) is 3.20. The molecule has 6 N–H and O–H groups in total. The molecule has 15 heteroatoms. The van der Waals surface area contributed by atoms with E-state index in [9.17, 15) is 0 Å². The Labute approximate surface area is 91.8 Å². The van der Waals surface area contributed by atoms with Gasteiger partial charge in [0.25, 0.3) is 0 Å². The fraction of sp³-hybridized carbons (Fsp3) is 0. The summed E-state index contributed by atoms with van der Waals surface area (Å²) in [4.78, 5) is 32.0. The van der Waals surface area contributed by atoms with Crippen LogP contribution in [0.25, 0.3) is 0 Å². The van der Waals surface area contributed by atoms with E-state index in [1.807, 2.05) is 0 Å². The summed E-state index contributed by atoms with van der Waals surface area (Å²) in [7, 11) is 0. The van der Waals surface area contributed by atoms with Crippen LogP contribution in [0.5, 0.6) is 0 Å². The van der Waals surface area contributed by atoms with Crippen molar-refractivity contribution in [3.63, 3.8) is 0 Å². The molecule has 14 nitrogen and oxygen atoms in total. The SMILES string of the molecule is N.N.O=N[O-].O=N[O-].O=N[O-].O=N[O-].[Co]. The molecule has 0 aromatic rings. The van der Waals surface area contributed by atoms with Crippen molar-refractivity contribution in [1.82, 2.24) is 12.3 Å². The first-order chi connectivity index (χ1) is 5.66. The summed E-state index contributed by atoms with van der Waals surface area (Å²) in [6, 6.07) is 0. The van der Waals surface area contributed by atoms with Gasteiger partial charge in [-0.05, 0) is 0 Å². The third-order valence-electron chi connectivity index (χ3n) is 0. The molecular weight excluding hydrogens is 271 g/mol.